The van der Waals surface area contributed by atoms with Gasteiger partial charge in [0.15, 0.2) is 5.96 Å². The Balaban J connectivity index is 1.58. The highest BCUT2D eigenvalue weighted by molar-refractivity contribution is 7.09. The summed E-state index contributed by atoms with van der Waals surface area (Å²) in [5.74, 6) is 1.95. The van der Waals surface area contributed by atoms with Crippen molar-refractivity contribution < 1.29 is 0 Å². The number of aryl methyl sites for hydroxylation is 1. The van der Waals surface area contributed by atoms with Gasteiger partial charge in [0.1, 0.15) is 5.82 Å². The lowest BCUT2D eigenvalue weighted by molar-refractivity contribution is 0.270. The molecule has 0 radical (unpaired) electrons. The first kappa shape index (κ1) is 21.5. The highest BCUT2D eigenvalue weighted by Gasteiger charge is 2.16. The van der Waals surface area contributed by atoms with Crippen molar-refractivity contribution in [2.45, 2.75) is 33.9 Å². The number of pyridine rings is 1. The second-order valence-electron chi connectivity index (χ2n) is 7.33. The number of aliphatic imine (C=N–C) groups is 1. The van der Waals surface area contributed by atoms with Crippen LogP contribution in [0.4, 0.5) is 5.82 Å². The van der Waals surface area contributed by atoms with E-state index in [0.29, 0.717) is 6.54 Å². The standard InChI is InChI=1S/C21H33N7S/c1-5-22-21(26(4)15-19-16-29-17(3)25-19)24-14-18-7-8-20(23-13-18)28-11-9-27(6-2)10-12-28/h7-8,13,16H,5-6,9-12,14-15H2,1-4H3,(H,22,24). The molecular formula is C21H33N7S. The molecule has 0 spiro atoms. The molecule has 1 N–H and O–H groups in total. The smallest absolute Gasteiger partial charge is 0.194 e. The van der Waals surface area contributed by atoms with Gasteiger partial charge in [-0.1, -0.05) is 13.0 Å². The van der Waals surface area contributed by atoms with Crippen molar-refractivity contribution in [1.29, 1.82) is 0 Å². The zero-order chi connectivity index (χ0) is 20.6. The molecule has 2 aromatic heterocycles. The van der Waals surface area contributed by atoms with Crippen LogP contribution in [0.15, 0.2) is 28.7 Å². The topological polar surface area (TPSA) is 59.9 Å². The minimum Gasteiger partial charge on any atom is -0.357 e. The van der Waals surface area contributed by atoms with Gasteiger partial charge in [-0.2, -0.15) is 0 Å². The van der Waals surface area contributed by atoms with Gasteiger partial charge in [-0.3, -0.25) is 0 Å². The van der Waals surface area contributed by atoms with Crippen molar-refractivity contribution in [3.8, 4) is 0 Å². The second-order valence-corrected chi connectivity index (χ2v) is 8.39. The molecule has 29 heavy (non-hydrogen) atoms. The van der Waals surface area contributed by atoms with Gasteiger partial charge in [0.05, 0.1) is 23.8 Å². The number of rotatable bonds is 7. The van der Waals surface area contributed by atoms with Gasteiger partial charge in [-0.05, 0) is 32.0 Å². The first-order valence-corrected chi connectivity index (χ1v) is 11.3. The van der Waals surface area contributed by atoms with Crippen molar-refractivity contribution in [2.24, 2.45) is 4.99 Å². The number of guanidine groups is 1. The third kappa shape index (κ3) is 6.14. The molecule has 0 aromatic carbocycles. The predicted molar refractivity (Wildman–Crippen MR) is 122 cm³/mol. The fraction of sp³-hybridized carbons (Fsp3) is 0.571. The van der Waals surface area contributed by atoms with Gasteiger partial charge < -0.3 is 20.0 Å². The maximum Gasteiger partial charge on any atom is 0.194 e. The van der Waals surface area contributed by atoms with Crippen molar-refractivity contribution in [1.82, 2.24) is 25.1 Å². The van der Waals surface area contributed by atoms with Crippen molar-refractivity contribution in [3.63, 3.8) is 0 Å². The van der Waals surface area contributed by atoms with E-state index in [1.807, 2.05) is 20.2 Å². The average molecular weight is 416 g/mol. The van der Waals surface area contributed by atoms with Crippen molar-refractivity contribution >= 4 is 23.1 Å². The Hall–Kier alpha value is -2.19. The van der Waals surface area contributed by atoms with E-state index in [9.17, 15) is 0 Å². The normalized spacial score (nSPS) is 15.6. The molecule has 0 aliphatic carbocycles. The van der Waals surface area contributed by atoms with Crippen LogP contribution in [-0.4, -0.2) is 72.0 Å². The van der Waals surface area contributed by atoms with Crippen LogP contribution in [0.3, 0.4) is 0 Å². The molecule has 0 unspecified atom stereocenters. The molecule has 0 bridgehead atoms. The minimum absolute atomic E-state index is 0.611. The van der Waals surface area contributed by atoms with Crippen molar-refractivity contribution in [2.75, 3.05) is 51.2 Å². The Morgan fingerprint density at radius 3 is 2.62 bits per heavy atom. The molecule has 1 aliphatic heterocycles. The van der Waals surface area contributed by atoms with E-state index in [1.54, 1.807) is 11.3 Å². The second kappa shape index (κ2) is 10.5. The summed E-state index contributed by atoms with van der Waals surface area (Å²) >= 11 is 1.68. The van der Waals surface area contributed by atoms with E-state index < -0.39 is 0 Å². The Morgan fingerprint density at radius 1 is 1.24 bits per heavy atom. The molecule has 0 amide bonds. The zero-order valence-corrected chi connectivity index (χ0v) is 18.9. The molecule has 3 rings (SSSR count). The highest BCUT2D eigenvalue weighted by atomic mass is 32.1. The Labute approximate surface area is 178 Å². The first-order chi connectivity index (χ1) is 14.1. The number of aromatic nitrogens is 2. The Kier molecular flexibility index (Phi) is 7.83. The summed E-state index contributed by atoms with van der Waals surface area (Å²) in [7, 11) is 2.05. The van der Waals surface area contributed by atoms with Crippen molar-refractivity contribution in [3.05, 3.63) is 40.0 Å². The summed E-state index contributed by atoms with van der Waals surface area (Å²) in [6.45, 7) is 14.0. The number of thiazole rings is 1. The molecule has 1 aliphatic rings. The molecule has 0 atom stereocenters. The van der Waals surface area contributed by atoms with E-state index in [1.165, 1.54) is 0 Å². The van der Waals surface area contributed by atoms with Crippen LogP contribution >= 0.6 is 11.3 Å². The van der Waals surface area contributed by atoms with Gasteiger partial charge in [-0.25, -0.2) is 15.0 Å². The lowest BCUT2D eigenvalue weighted by Gasteiger charge is -2.34. The lowest BCUT2D eigenvalue weighted by atomic mass is 10.2. The monoisotopic (exact) mass is 415 g/mol. The number of nitrogens with one attached hydrogen (secondary N) is 1. The van der Waals surface area contributed by atoms with E-state index in [0.717, 1.165) is 73.9 Å². The summed E-state index contributed by atoms with van der Waals surface area (Å²) in [5, 5.41) is 6.58. The van der Waals surface area contributed by atoms with Gasteiger partial charge in [0, 0.05) is 51.3 Å². The molecule has 7 nitrogen and oxygen atoms in total. The van der Waals surface area contributed by atoms with E-state index in [2.05, 4.69) is 61.3 Å². The lowest BCUT2D eigenvalue weighted by Crippen LogP contribution is -2.46. The Bertz CT molecular complexity index is 779. The third-order valence-electron chi connectivity index (χ3n) is 5.13. The molecule has 8 heteroatoms. The molecule has 158 valence electrons. The van der Waals surface area contributed by atoms with Crippen LogP contribution in [-0.2, 0) is 13.1 Å². The SMILES string of the molecule is CCNC(=NCc1ccc(N2CCN(CC)CC2)nc1)N(C)Cc1csc(C)n1. The molecule has 2 aromatic rings. The number of hydrogen-bond donors (Lipinski definition) is 1. The number of nitrogens with zero attached hydrogens (tertiary/aromatic N) is 6. The summed E-state index contributed by atoms with van der Waals surface area (Å²) in [5.41, 5.74) is 2.20. The van der Waals surface area contributed by atoms with Gasteiger partial charge >= 0.3 is 0 Å². The van der Waals surface area contributed by atoms with Crippen LogP contribution < -0.4 is 10.2 Å². The minimum atomic E-state index is 0.611. The fourth-order valence-electron chi connectivity index (χ4n) is 3.43. The average Bonchev–Trinajstić information content (AvgIpc) is 3.16. The zero-order valence-electron chi connectivity index (χ0n) is 18.1. The number of anilines is 1. The molecule has 1 saturated heterocycles. The maximum atomic E-state index is 4.80. The summed E-state index contributed by atoms with van der Waals surface area (Å²) in [6, 6.07) is 4.27. The summed E-state index contributed by atoms with van der Waals surface area (Å²) in [6.07, 6.45) is 1.96. The quantitative estimate of drug-likeness (QED) is 0.554. The molecule has 3 heterocycles. The number of hydrogen-bond acceptors (Lipinski definition) is 6. The number of piperazine rings is 1. The third-order valence-corrected chi connectivity index (χ3v) is 5.95. The summed E-state index contributed by atoms with van der Waals surface area (Å²) < 4.78 is 0. The van der Waals surface area contributed by atoms with Gasteiger partial charge in [0.25, 0.3) is 0 Å². The first-order valence-electron chi connectivity index (χ1n) is 10.4. The van der Waals surface area contributed by atoms with Crippen LogP contribution in [0, 0.1) is 6.92 Å². The Morgan fingerprint density at radius 2 is 2.03 bits per heavy atom. The largest absolute Gasteiger partial charge is 0.357 e. The highest BCUT2D eigenvalue weighted by Crippen LogP contribution is 2.15. The number of likely N-dealkylation sites (N-methyl/N-ethyl adjacent to an activating group) is 1. The molecular weight excluding hydrogens is 382 g/mol. The fourth-order valence-corrected chi connectivity index (χ4v) is 4.03. The van der Waals surface area contributed by atoms with Crippen LogP contribution in [0.25, 0.3) is 0 Å². The van der Waals surface area contributed by atoms with Gasteiger partial charge in [-0.15, -0.1) is 11.3 Å². The van der Waals surface area contributed by atoms with E-state index in [4.69, 9.17) is 4.99 Å². The van der Waals surface area contributed by atoms with Crippen LogP contribution in [0.2, 0.25) is 0 Å². The van der Waals surface area contributed by atoms with Gasteiger partial charge in [0.2, 0.25) is 0 Å². The predicted octanol–water partition coefficient (Wildman–Crippen LogP) is 2.59. The van der Waals surface area contributed by atoms with Crippen LogP contribution in [0.1, 0.15) is 30.1 Å². The molecule has 0 saturated carbocycles. The van der Waals surface area contributed by atoms with Crippen LogP contribution in [0.5, 0.6) is 0 Å². The van der Waals surface area contributed by atoms with E-state index >= 15 is 0 Å². The van der Waals surface area contributed by atoms with E-state index in [-0.39, 0.29) is 0 Å². The molecule has 1 fully saturated rings. The maximum absolute atomic E-state index is 4.80. The summed E-state index contributed by atoms with van der Waals surface area (Å²) in [4.78, 5) is 21.0.